The minimum Gasteiger partial charge on any atom is -0.477 e. The summed E-state index contributed by atoms with van der Waals surface area (Å²) in [7, 11) is 0. The molecule has 0 radical (unpaired) electrons. The second kappa shape index (κ2) is 30.7. The number of hydrogen-bond acceptors (Lipinski definition) is 35. The van der Waals surface area contributed by atoms with E-state index in [1.54, 1.807) is 0 Å². The molecular weight excluding hydrogens is 1210 g/mol. The molecule has 6 aliphatic rings. The Morgan fingerprint density at radius 3 is 1.36 bits per heavy atom. The van der Waals surface area contributed by atoms with E-state index in [0.717, 1.165) is 20.8 Å². The fourth-order valence-electron chi connectivity index (χ4n) is 11.0. The van der Waals surface area contributed by atoms with Crippen molar-refractivity contribution >= 4 is 29.7 Å². The van der Waals surface area contributed by atoms with Gasteiger partial charge in [0.15, 0.2) is 25.2 Å². The Bertz CT molecular complexity index is 2320. The van der Waals surface area contributed by atoms with Crippen LogP contribution in [0.2, 0.25) is 0 Å². The van der Waals surface area contributed by atoms with Crippen molar-refractivity contribution in [1.29, 1.82) is 0 Å². The average molecular weight is 1290 g/mol. The van der Waals surface area contributed by atoms with Gasteiger partial charge in [-0.05, 0) is 0 Å². The van der Waals surface area contributed by atoms with E-state index in [0.29, 0.717) is 0 Å². The number of carboxylic acids is 2. The van der Waals surface area contributed by atoms with Crippen molar-refractivity contribution < 1.29 is 183 Å². The Balaban J connectivity index is 1.39. The van der Waals surface area contributed by atoms with Crippen molar-refractivity contribution in [2.45, 2.75) is 229 Å². The van der Waals surface area contributed by atoms with Crippen molar-refractivity contribution in [2.24, 2.45) is 0 Å². The van der Waals surface area contributed by atoms with Gasteiger partial charge in [-0.15, -0.1) is 0 Å². The molecule has 0 bridgehead atoms. The molecule has 88 heavy (non-hydrogen) atoms. The average Bonchev–Trinajstić information content (AvgIpc) is 1.06. The molecule has 0 aromatic rings. The third kappa shape index (κ3) is 15.8. The van der Waals surface area contributed by atoms with Crippen LogP contribution in [-0.2, 0) is 76.1 Å². The highest BCUT2D eigenvalue weighted by atomic mass is 16.8. The van der Waals surface area contributed by atoms with E-state index in [1.807, 2.05) is 0 Å². The predicted molar refractivity (Wildman–Crippen MR) is 268 cm³/mol. The number of aliphatic hydroxyl groups excluding tert-OH is 19. The molecule has 3 amide bonds. The number of carbonyl (C=O) groups excluding carboxylic acids is 3. The zero-order valence-corrected chi connectivity index (χ0v) is 46.9. The first-order valence-electron chi connectivity index (χ1n) is 27.4. The third-order valence-electron chi connectivity index (χ3n) is 15.6. The van der Waals surface area contributed by atoms with Crippen LogP contribution in [0, 0.1) is 0 Å². The Morgan fingerprint density at radius 2 is 0.875 bits per heavy atom. The zero-order chi connectivity index (χ0) is 65.8. The topological polar surface area (TPSA) is 648 Å². The molecule has 40 heteroatoms. The number of aliphatic carboxylic acids is 2. The number of nitrogens with one attached hydrogen (secondary N) is 3. The van der Waals surface area contributed by atoms with Crippen molar-refractivity contribution in [3.05, 3.63) is 0 Å². The van der Waals surface area contributed by atoms with E-state index in [1.165, 1.54) is 0 Å². The summed E-state index contributed by atoms with van der Waals surface area (Å²) in [6.07, 6.45) is -61.5. The van der Waals surface area contributed by atoms with Gasteiger partial charge in [-0.1, -0.05) is 0 Å². The molecule has 6 aliphatic heterocycles. The van der Waals surface area contributed by atoms with E-state index in [4.69, 9.17) is 52.1 Å². The van der Waals surface area contributed by atoms with Crippen LogP contribution in [0.15, 0.2) is 0 Å². The van der Waals surface area contributed by atoms with Crippen molar-refractivity contribution in [1.82, 2.24) is 16.0 Å². The van der Waals surface area contributed by atoms with Gasteiger partial charge in [-0.2, -0.15) is 0 Å². The number of aliphatic hydroxyl groups is 19. The van der Waals surface area contributed by atoms with Crippen molar-refractivity contribution in [3.8, 4) is 0 Å². The van der Waals surface area contributed by atoms with Crippen LogP contribution in [0.3, 0.4) is 0 Å². The van der Waals surface area contributed by atoms with E-state index in [2.05, 4.69) is 16.0 Å². The molecule has 0 aliphatic carbocycles. The number of carboxylic acid groups (broad SMARTS) is 2. The second-order valence-corrected chi connectivity index (χ2v) is 21.9. The first-order chi connectivity index (χ1) is 41.2. The van der Waals surface area contributed by atoms with Gasteiger partial charge >= 0.3 is 11.9 Å². The summed E-state index contributed by atoms with van der Waals surface area (Å²) < 4.78 is 63.0. The highest BCUT2D eigenvalue weighted by molar-refractivity contribution is 5.77. The lowest BCUT2D eigenvalue weighted by molar-refractivity contribution is -0.390. The Labute approximate surface area is 496 Å². The molecule has 6 rings (SSSR count). The zero-order valence-electron chi connectivity index (χ0n) is 46.9. The minimum absolute atomic E-state index is 0.863. The largest absolute Gasteiger partial charge is 0.477 e. The molecule has 24 N–H and O–H groups in total. The van der Waals surface area contributed by atoms with Gasteiger partial charge in [0.25, 0.3) is 11.6 Å². The molecule has 508 valence electrons. The van der Waals surface area contributed by atoms with Gasteiger partial charge in [0.05, 0.1) is 63.9 Å². The summed E-state index contributed by atoms with van der Waals surface area (Å²) in [5.74, 6) is -13.5. The standard InChI is InChI=1S/C48H79N3O37/c1-12(57)49-23-15(60)4-47(45(74)75,87-38(23)26(64)17(62)6-52)78-11-22-29(67)37(25(51-14(3)59)42(82-22)85-40-28(66)19(8-54)80-44(34(40)72)83-35-20(9-55)79-41(73)32(70)30(35)68)84-43-33(71)31(69)36(21(10-56)81-43)86-48(46(76)77)5-16(61)24(50-13(2)58)39(88-48)27(65)18(63)7-53/h15-44,52-56,60-73H,4-11H2,1-3H3,(H,49,57)(H,50,58)(H,51,59)(H,74,75)(H,76,77)/t15-,16-,17+,18+,19+,20+,21+,22+,23+,24+,25+,26+,27+,28-,29+,30+,31+,32+,33+,34+,35+,36-,37+,38+,39+,40-,41?,42-,43-,44-,47+,48+/m0/s1. The summed E-state index contributed by atoms with van der Waals surface area (Å²) in [4.78, 5) is 63.8. The van der Waals surface area contributed by atoms with Gasteiger partial charge < -0.3 is 175 Å². The quantitative estimate of drug-likeness (QED) is 0.0404. The maximum absolute atomic E-state index is 13.2. The first-order valence-corrected chi connectivity index (χ1v) is 27.4. The van der Waals surface area contributed by atoms with E-state index in [-0.39, 0.29) is 0 Å². The Kier molecular flexibility index (Phi) is 25.6. The molecule has 6 saturated heterocycles. The number of amides is 3. The minimum atomic E-state index is -3.25. The molecule has 32 atom stereocenters. The van der Waals surface area contributed by atoms with Crippen LogP contribution in [0.1, 0.15) is 33.6 Å². The van der Waals surface area contributed by atoms with Crippen LogP contribution >= 0.6 is 0 Å². The molecule has 40 nitrogen and oxygen atoms in total. The maximum atomic E-state index is 13.2. The van der Waals surface area contributed by atoms with Gasteiger partial charge in [-0.25, -0.2) is 9.59 Å². The number of carbonyl (C=O) groups is 5. The highest BCUT2D eigenvalue weighted by Gasteiger charge is 2.62. The van der Waals surface area contributed by atoms with Gasteiger partial charge in [0, 0.05) is 33.6 Å². The summed E-state index contributed by atoms with van der Waals surface area (Å²) in [6, 6.07) is -5.55. The molecule has 0 saturated carbocycles. The van der Waals surface area contributed by atoms with Crippen LogP contribution in [0.4, 0.5) is 0 Å². The number of ether oxygens (including phenoxy) is 11. The molecule has 6 heterocycles. The summed E-state index contributed by atoms with van der Waals surface area (Å²) in [6.45, 7) is -4.38. The molecule has 6 fully saturated rings. The van der Waals surface area contributed by atoms with Gasteiger partial charge in [0.1, 0.15) is 134 Å². The monoisotopic (exact) mass is 1290 g/mol. The lowest BCUT2D eigenvalue weighted by atomic mass is 9.88. The third-order valence-corrected chi connectivity index (χ3v) is 15.6. The Hall–Kier alpha value is -3.85. The fourth-order valence-corrected chi connectivity index (χ4v) is 11.0. The number of rotatable bonds is 25. The summed E-state index contributed by atoms with van der Waals surface area (Å²) >= 11 is 0. The predicted octanol–water partition coefficient (Wildman–Crippen LogP) is -15.3. The molecule has 1 unspecified atom stereocenters. The van der Waals surface area contributed by atoms with Gasteiger partial charge in [-0.3, -0.25) is 14.4 Å². The van der Waals surface area contributed by atoms with E-state index >= 15 is 0 Å². The van der Waals surface area contributed by atoms with E-state index in [9.17, 15) is 131 Å². The van der Waals surface area contributed by atoms with Crippen LogP contribution in [0.5, 0.6) is 0 Å². The first kappa shape index (κ1) is 73.2. The molecule has 0 aromatic heterocycles. The van der Waals surface area contributed by atoms with Crippen molar-refractivity contribution in [2.75, 3.05) is 39.6 Å². The summed E-state index contributed by atoms with van der Waals surface area (Å²) in [5.41, 5.74) is 0. The van der Waals surface area contributed by atoms with Crippen LogP contribution in [0.25, 0.3) is 0 Å². The molecule has 0 aromatic carbocycles. The summed E-state index contributed by atoms with van der Waals surface area (Å²) in [5, 5.41) is 234. The highest BCUT2D eigenvalue weighted by Crippen LogP contribution is 2.41. The number of hydrogen-bond donors (Lipinski definition) is 24. The van der Waals surface area contributed by atoms with Gasteiger partial charge in [0.2, 0.25) is 17.7 Å². The fraction of sp³-hybridized carbons (Fsp3) is 0.896. The second-order valence-electron chi connectivity index (χ2n) is 21.9. The maximum Gasteiger partial charge on any atom is 0.364 e. The van der Waals surface area contributed by atoms with Crippen LogP contribution < -0.4 is 16.0 Å². The van der Waals surface area contributed by atoms with Crippen LogP contribution in [-0.4, -0.2) is 372 Å². The smallest absolute Gasteiger partial charge is 0.364 e. The molecular formula is C48H79N3O37. The normalized spacial score (nSPS) is 44.6. The lowest BCUT2D eigenvalue weighted by Crippen LogP contribution is -2.72. The molecule has 0 spiro atoms. The van der Waals surface area contributed by atoms with E-state index < -0.39 is 277 Å². The Morgan fingerprint density at radius 1 is 0.466 bits per heavy atom. The van der Waals surface area contributed by atoms with Crippen molar-refractivity contribution in [3.63, 3.8) is 0 Å². The lowest BCUT2D eigenvalue weighted by Gasteiger charge is -2.51. The SMILES string of the molecule is CC(=O)N[C@H]1[C@H](O[C@H]2[C@@H](O)[C@@H](CO)O[C@@H](O[C@H]3[C@H](O)[C@@H](O)C(O)O[C@@H]3CO)[C@@H]2O)O[C@H](CO[C@]2(C(=O)O)C[C@H](O)[C@@H](NC(C)=O)[C@H]([C@H](O)[C@H](O)CO)O2)[C@@H](O)[C@@H]1O[C@@H]1O[C@H](CO)[C@H](O[C@]2(C(=O)O)C[C@H](O)[C@@H](NC(C)=O)[C@H]([C@H](O)[C@H](O)CO)O2)[C@H](O)[C@H]1O.